The van der Waals surface area contributed by atoms with Gasteiger partial charge in [0.25, 0.3) is 5.91 Å². The third-order valence-corrected chi connectivity index (χ3v) is 6.51. The van der Waals surface area contributed by atoms with E-state index in [0.29, 0.717) is 44.6 Å². The maximum atomic E-state index is 12.9. The second kappa shape index (κ2) is 11.3. The number of nitrogens with one attached hydrogen (secondary N) is 2. The molecule has 1 aromatic carbocycles. The summed E-state index contributed by atoms with van der Waals surface area (Å²) in [5, 5.41) is 5.92. The topological polar surface area (TPSA) is 87.7 Å². The van der Waals surface area contributed by atoms with Gasteiger partial charge in [-0.1, -0.05) is 30.5 Å². The summed E-state index contributed by atoms with van der Waals surface area (Å²) in [6, 6.07) is 7.04. The van der Waals surface area contributed by atoms with Crippen LogP contribution in [0.2, 0.25) is 0 Å². The molecule has 0 unspecified atom stereocenters. The Morgan fingerprint density at radius 3 is 2.32 bits per heavy atom. The number of hydrogen-bond acceptors (Lipinski definition) is 4. The van der Waals surface area contributed by atoms with Gasteiger partial charge < -0.3 is 20.3 Å². The van der Waals surface area contributed by atoms with E-state index in [1.165, 1.54) is 0 Å². The molecule has 31 heavy (non-hydrogen) atoms. The van der Waals surface area contributed by atoms with Crippen molar-refractivity contribution in [1.29, 1.82) is 0 Å². The molecule has 1 saturated carbocycles. The number of benzene rings is 1. The molecule has 2 fully saturated rings. The first-order chi connectivity index (χ1) is 15.0. The van der Waals surface area contributed by atoms with E-state index in [4.69, 9.17) is 4.74 Å². The van der Waals surface area contributed by atoms with E-state index in [-0.39, 0.29) is 29.6 Å². The summed E-state index contributed by atoms with van der Waals surface area (Å²) in [4.78, 5) is 40.3. The fraction of sp³-hybridized carbons (Fsp3) is 0.625. The highest BCUT2D eigenvalue weighted by atomic mass is 16.5. The maximum Gasteiger partial charge on any atom is 0.253 e. The fourth-order valence-electron chi connectivity index (χ4n) is 4.56. The number of likely N-dealkylation sites (tertiary alicyclic amines) is 1. The lowest BCUT2D eigenvalue weighted by molar-refractivity contribution is -0.132. The summed E-state index contributed by atoms with van der Waals surface area (Å²) in [5.41, 5.74) is 1.81. The van der Waals surface area contributed by atoms with Crippen molar-refractivity contribution in [2.75, 3.05) is 33.4 Å². The van der Waals surface area contributed by atoms with E-state index < -0.39 is 6.04 Å². The van der Waals surface area contributed by atoms with Crippen molar-refractivity contribution in [3.05, 3.63) is 35.4 Å². The molecule has 2 aliphatic rings. The molecule has 3 amide bonds. The average Bonchev–Trinajstić information content (AvgIpc) is 3.33. The number of nitrogens with zero attached hydrogens (tertiary/aromatic N) is 1. The molecule has 0 bridgehead atoms. The number of methoxy groups -OCH3 is 1. The zero-order valence-corrected chi connectivity index (χ0v) is 18.7. The molecule has 0 aromatic heterocycles. The average molecular weight is 430 g/mol. The zero-order chi connectivity index (χ0) is 22.2. The number of amides is 3. The molecule has 3 rings (SSSR count). The third kappa shape index (κ3) is 6.29. The van der Waals surface area contributed by atoms with Gasteiger partial charge in [0.1, 0.15) is 6.04 Å². The number of aryl methyl sites for hydroxylation is 1. The van der Waals surface area contributed by atoms with E-state index in [9.17, 15) is 14.4 Å². The second-order valence-electron chi connectivity index (χ2n) is 8.75. The lowest BCUT2D eigenvalue weighted by atomic mass is 9.88. The zero-order valence-electron chi connectivity index (χ0n) is 18.7. The fourth-order valence-corrected chi connectivity index (χ4v) is 4.56. The smallest absolute Gasteiger partial charge is 0.253 e. The van der Waals surface area contributed by atoms with Gasteiger partial charge in [0.2, 0.25) is 11.8 Å². The standard InChI is InChI=1S/C24H35N3O4/c1-17-7-9-20(10-8-17)24(30)27-14-11-18(12-15-27)21(23(29)25-13-16-31-2)26-22(28)19-5-3-4-6-19/h7-10,18-19,21H,3-6,11-16H2,1-2H3,(H,25,29)(H,26,28)/t21-/m0/s1. The van der Waals surface area contributed by atoms with Crippen LogP contribution in [0.15, 0.2) is 24.3 Å². The summed E-state index contributed by atoms with van der Waals surface area (Å²) < 4.78 is 5.02. The Hall–Kier alpha value is -2.41. The second-order valence-corrected chi connectivity index (χ2v) is 8.75. The molecule has 7 nitrogen and oxygen atoms in total. The van der Waals surface area contributed by atoms with Crippen molar-refractivity contribution in [1.82, 2.24) is 15.5 Å². The molecule has 1 aliphatic carbocycles. The van der Waals surface area contributed by atoms with Crippen LogP contribution in [0, 0.1) is 18.8 Å². The molecule has 7 heteroatoms. The highest BCUT2D eigenvalue weighted by molar-refractivity contribution is 5.94. The SMILES string of the molecule is COCCNC(=O)[C@@H](NC(=O)C1CCCC1)C1CCN(C(=O)c2ccc(C)cc2)CC1. The predicted octanol–water partition coefficient (Wildman–Crippen LogP) is 2.28. The minimum absolute atomic E-state index is 0.00923. The van der Waals surface area contributed by atoms with Gasteiger partial charge in [0.05, 0.1) is 6.61 Å². The minimum Gasteiger partial charge on any atom is -0.383 e. The summed E-state index contributed by atoms with van der Waals surface area (Å²) in [5.74, 6) is -0.128. The lowest BCUT2D eigenvalue weighted by Crippen LogP contribution is -2.55. The largest absolute Gasteiger partial charge is 0.383 e. The van der Waals surface area contributed by atoms with Crippen LogP contribution in [-0.4, -0.2) is 62.0 Å². The molecule has 1 saturated heterocycles. The van der Waals surface area contributed by atoms with Gasteiger partial charge in [0.15, 0.2) is 0 Å². The Bertz CT molecular complexity index is 751. The van der Waals surface area contributed by atoms with Crippen LogP contribution in [0.1, 0.15) is 54.4 Å². The predicted molar refractivity (Wildman–Crippen MR) is 119 cm³/mol. The van der Waals surface area contributed by atoms with E-state index in [1.807, 2.05) is 36.1 Å². The molecule has 170 valence electrons. The molecule has 0 spiro atoms. The van der Waals surface area contributed by atoms with E-state index >= 15 is 0 Å². The van der Waals surface area contributed by atoms with Crippen LogP contribution in [-0.2, 0) is 14.3 Å². The monoisotopic (exact) mass is 429 g/mol. The number of piperidine rings is 1. The van der Waals surface area contributed by atoms with Crippen molar-refractivity contribution >= 4 is 17.7 Å². The van der Waals surface area contributed by atoms with Crippen LogP contribution in [0.5, 0.6) is 0 Å². The molecule has 2 N–H and O–H groups in total. The summed E-state index contributed by atoms with van der Waals surface area (Å²) in [7, 11) is 1.59. The van der Waals surface area contributed by atoms with Crippen molar-refractivity contribution in [2.24, 2.45) is 11.8 Å². The number of hydrogen-bond donors (Lipinski definition) is 2. The first-order valence-electron chi connectivity index (χ1n) is 11.4. The number of ether oxygens (including phenoxy) is 1. The molecule has 1 heterocycles. The quantitative estimate of drug-likeness (QED) is 0.621. The summed E-state index contributed by atoms with van der Waals surface area (Å²) in [6.45, 7) is 4.00. The van der Waals surface area contributed by atoms with Crippen LogP contribution in [0.25, 0.3) is 0 Å². The first kappa shape index (κ1) is 23.3. The van der Waals surface area contributed by atoms with Gasteiger partial charge in [-0.15, -0.1) is 0 Å². The molecule has 1 aliphatic heterocycles. The Kier molecular flexibility index (Phi) is 8.46. The van der Waals surface area contributed by atoms with Gasteiger partial charge >= 0.3 is 0 Å². The van der Waals surface area contributed by atoms with E-state index in [2.05, 4.69) is 10.6 Å². The Labute approximate surface area is 184 Å². The molecule has 1 aromatic rings. The van der Waals surface area contributed by atoms with Crippen molar-refractivity contribution in [2.45, 2.75) is 51.5 Å². The van der Waals surface area contributed by atoms with Gasteiger partial charge in [-0.05, 0) is 50.7 Å². The highest BCUT2D eigenvalue weighted by Crippen LogP contribution is 2.27. The van der Waals surface area contributed by atoms with Gasteiger partial charge in [-0.25, -0.2) is 0 Å². The summed E-state index contributed by atoms with van der Waals surface area (Å²) in [6.07, 6.45) is 5.31. The van der Waals surface area contributed by atoms with Crippen LogP contribution in [0.3, 0.4) is 0 Å². The van der Waals surface area contributed by atoms with Crippen molar-refractivity contribution in [3.8, 4) is 0 Å². The van der Waals surface area contributed by atoms with Gasteiger partial charge in [-0.3, -0.25) is 14.4 Å². The maximum absolute atomic E-state index is 12.9. The van der Waals surface area contributed by atoms with Crippen molar-refractivity contribution in [3.63, 3.8) is 0 Å². The number of carbonyl (C=O) groups is 3. The third-order valence-electron chi connectivity index (χ3n) is 6.51. The molecular weight excluding hydrogens is 394 g/mol. The number of rotatable bonds is 8. The van der Waals surface area contributed by atoms with E-state index in [1.54, 1.807) is 7.11 Å². The Morgan fingerprint density at radius 1 is 1.06 bits per heavy atom. The normalized spacial score (nSPS) is 18.6. The lowest BCUT2D eigenvalue weighted by Gasteiger charge is -2.36. The van der Waals surface area contributed by atoms with Crippen LogP contribution in [0.4, 0.5) is 0 Å². The summed E-state index contributed by atoms with van der Waals surface area (Å²) >= 11 is 0. The first-order valence-corrected chi connectivity index (χ1v) is 11.4. The van der Waals surface area contributed by atoms with Crippen molar-refractivity contribution < 1.29 is 19.1 Å². The molecular formula is C24H35N3O4. The van der Waals surface area contributed by atoms with Gasteiger partial charge in [-0.2, -0.15) is 0 Å². The Balaban J connectivity index is 1.61. The van der Waals surface area contributed by atoms with Crippen LogP contribution < -0.4 is 10.6 Å². The molecule has 0 radical (unpaired) electrons. The molecule has 1 atom stereocenters. The highest BCUT2D eigenvalue weighted by Gasteiger charge is 2.35. The number of carbonyl (C=O) groups excluding carboxylic acids is 3. The van der Waals surface area contributed by atoms with Crippen LogP contribution >= 0.6 is 0 Å². The van der Waals surface area contributed by atoms with E-state index in [0.717, 1.165) is 31.2 Å². The Morgan fingerprint density at radius 2 is 1.71 bits per heavy atom. The van der Waals surface area contributed by atoms with Gasteiger partial charge in [0, 0.05) is 38.2 Å². The minimum atomic E-state index is -0.568.